The maximum absolute atomic E-state index is 12.2. The topological polar surface area (TPSA) is 47.6 Å². The Labute approximate surface area is 151 Å². The highest BCUT2D eigenvalue weighted by molar-refractivity contribution is 5.74. The van der Waals surface area contributed by atoms with Crippen molar-refractivity contribution < 1.29 is 4.79 Å². The lowest BCUT2D eigenvalue weighted by Gasteiger charge is -2.21. The quantitative estimate of drug-likeness (QED) is 0.800. The summed E-state index contributed by atoms with van der Waals surface area (Å²) in [7, 11) is 0. The number of anilines is 1. The summed E-state index contributed by atoms with van der Waals surface area (Å²) in [5, 5.41) is 6.09. The summed E-state index contributed by atoms with van der Waals surface area (Å²) in [4.78, 5) is 17.1. The first-order valence-electron chi connectivity index (χ1n) is 9.83. The van der Waals surface area contributed by atoms with Crippen LogP contribution < -0.4 is 15.5 Å². The molecular weight excluding hydrogens is 312 g/mol. The van der Waals surface area contributed by atoms with Crippen molar-refractivity contribution in [1.82, 2.24) is 15.5 Å². The van der Waals surface area contributed by atoms with Crippen molar-refractivity contribution in [3.8, 4) is 0 Å². The first-order chi connectivity index (χ1) is 12.3. The van der Waals surface area contributed by atoms with E-state index >= 15 is 0 Å². The summed E-state index contributed by atoms with van der Waals surface area (Å²) < 4.78 is 0. The van der Waals surface area contributed by atoms with Gasteiger partial charge in [-0.1, -0.05) is 25.1 Å². The van der Waals surface area contributed by atoms with E-state index in [-0.39, 0.29) is 6.03 Å². The van der Waals surface area contributed by atoms with Gasteiger partial charge in [0, 0.05) is 38.4 Å². The third-order valence-corrected chi connectivity index (χ3v) is 5.34. The number of amides is 2. The van der Waals surface area contributed by atoms with Gasteiger partial charge in [-0.2, -0.15) is 0 Å². The smallest absolute Gasteiger partial charge is 0.315 e. The molecular formula is C20H32N4O. The van der Waals surface area contributed by atoms with Gasteiger partial charge in [0.05, 0.1) is 0 Å². The van der Waals surface area contributed by atoms with Crippen LogP contribution in [-0.2, 0) is 6.54 Å². The van der Waals surface area contributed by atoms with Crippen molar-refractivity contribution in [2.75, 3.05) is 44.2 Å². The summed E-state index contributed by atoms with van der Waals surface area (Å²) in [5.41, 5.74) is 2.47. The number of urea groups is 1. The lowest BCUT2D eigenvalue weighted by atomic mass is 10.1. The minimum Gasteiger partial charge on any atom is -0.371 e. The molecule has 138 valence electrons. The molecule has 2 aliphatic rings. The number of hydrogen-bond acceptors (Lipinski definition) is 3. The Bertz CT molecular complexity index is 556. The number of nitrogens with one attached hydrogen (secondary N) is 2. The van der Waals surface area contributed by atoms with Gasteiger partial charge in [0.25, 0.3) is 0 Å². The Kier molecular flexibility index (Phi) is 6.56. The van der Waals surface area contributed by atoms with E-state index in [1.807, 2.05) is 0 Å². The van der Waals surface area contributed by atoms with Crippen molar-refractivity contribution in [2.45, 2.75) is 39.2 Å². The molecule has 2 fully saturated rings. The molecule has 1 aromatic carbocycles. The van der Waals surface area contributed by atoms with Gasteiger partial charge < -0.3 is 20.4 Å². The fraction of sp³-hybridized carbons (Fsp3) is 0.650. The molecule has 25 heavy (non-hydrogen) atoms. The van der Waals surface area contributed by atoms with Crippen LogP contribution >= 0.6 is 0 Å². The molecule has 1 aromatic rings. The fourth-order valence-corrected chi connectivity index (χ4v) is 4.00. The number of benzene rings is 1. The van der Waals surface area contributed by atoms with Crippen LogP contribution in [0, 0.1) is 5.92 Å². The van der Waals surface area contributed by atoms with E-state index in [1.165, 1.54) is 50.0 Å². The molecule has 0 unspecified atom stereocenters. The third-order valence-electron chi connectivity index (χ3n) is 5.34. The standard InChI is InChI=1S/C20H32N4O/c1-2-10-23-13-9-17(16-23)14-21-20(25)22-15-18-7-3-4-8-19(18)24-11-5-6-12-24/h3-4,7-8,17H,2,5-6,9-16H2,1H3,(H2,21,22,25)/t17-/m1/s1. The van der Waals surface area contributed by atoms with Gasteiger partial charge in [-0.3, -0.25) is 0 Å². The van der Waals surface area contributed by atoms with Crippen LogP contribution in [0.4, 0.5) is 10.5 Å². The molecule has 0 aromatic heterocycles. The Hall–Kier alpha value is -1.75. The molecule has 2 saturated heterocycles. The zero-order valence-electron chi connectivity index (χ0n) is 15.5. The molecule has 2 amide bonds. The van der Waals surface area contributed by atoms with E-state index in [0.29, 0.717) is 12.5 Å². The van der Waals surface area contributed by atoms with Crippen molar-refractivity contribution in [1.29, 1.82) is 0 Å². The molecule has 0 bridgehead atoms. The number of para-hydroxylation sites is 1. The molecule has 2 heterocycles. The summed E-state index contributed by atoms with van der Waals surface area (Å²) in [6, 6.07) is 8.37. The second-order valence-electron chi connectivity index (χ2n) is 7.34. The number of carbonyl (C=O) groups is 1. The van der Waals surface area contributed by atoms with Crippen molar-refractivity contribution in [2.24, 2.45) is 5.92 Å². The van der Waals surface area contributed by atoms with Crippen molar-refractivity contribution in [3.63, 3.8) is 0 Å². The first-order valence-corrected chi connectivity index (χ1v) is 9.83. The molecule has 3 rings (SSSR count). The van der Waals surface area contributed by atoms with Gasteiger partial charge in [0.2, 0.25) is 0 Å². The summed E-state index contributed by atoms with van der Waals surface area (Å²) in [5.74, 6) is 0.592. The van der Waals surface area contributed by atoms with Gasteiger partial charge >= 0.3 is 6.03 Å². The zero-order chi connectivity index (χ0) is 17.5. The maximum atomic E-state index is 12.2. The van der Waals surface area contributed by atoms with Crippen LogP contribution in [0.15, 0.2) is 24.3 Å². The Morgan fingerprint density at radius 1 is 1.16 bits per heavy atom. The van der Waals surface area contributed by atoms with Crippen LogP contribution in [0.5, 0.6) is 0 Å². The van der Waals surface area contributed by atoms with Gasteiger partial charge in [-0.05, 0) is 56.3 Å². The van der Waals surface area contributed by atoms with E-state index in [4.69, 9.17) is 0 Å². The van der Waals surface area contributed by atoms with Crippen LogP contribution in [0.1, 0.15) is 38.2 Å². The predicted molar refractivity (Wildman–Crippen MR) is 103 cm³/mol. The van der Waals surface area contributed by atoms with Crippen LogP contribution in [0.2, 0.25) is 0 Å². The summed E-state index contributed by atoms with van der Waals surface area (Å²) >= 11 is 0. The normalized spacial score (nSPS) is 20.8. The van der Waals surface area contributed by atoms with Crippen LogP contribution in [0.25, 0.3) is 0 Å². The summed E-state index contributed by atoms with van der Waals surface area (Å²) in [6.07, 6.45) is 4.92. The molecule has 0 saturated carbocycles. The average Bonchev–Trinajstić information content (AvgIpc) is 3.31. The highest BCUT2D eigenvalue weighted by Gasteiger charge is 2.22. The van der Waals surface area contributed by atoms with E-state index in [1.54, 1.807) is 0 Å². The largest absolute Gasteiger partial charge is 0.371 e. The average molecular weight is 345 g/mol. The van der Waals surface area contributed by atoms with Gasteiger partial charge in [-0.15, -0.1) is 0 Å². The predicted octanol–water partition coefficient (Wildman–Crippen LogP) is 2.82. The van der Waals surface area contributed by atoms with E-state index < -0.39 is 0 Å². The fourth-order valence-electron chi connectivity index (χ4n) is 4.00. The molecule has 5 heteroatoms. The molecule has 0 aliphatic carbocycles. The second kappa shape index (κ2) is 9.09. The summed E-state index contributed by atoms with van der Waals surface area (Å²) in [6.45, 7) is 9.30. The Morgan fingerprint density at radius 2 is 1.96 bits per heavy atom. The molecule has 2 aliphatic heterocycles. The number of carbonyl (C=O) groups excluding carboxylic acids is 1. The highest BCUT2D eigenvalue weighted by Crippen LogP contribution is 2.24. The van der Waals surface area contributed by atoms with Gasteiger partial charge in [0.1, 0.15) is 0 Å². The molecule has 0 spiro atoms. The zero-order valence-corrected chi connectivity index (χ0v) is 15.5. The molecule has 5 nitrogen and oxygen atoms in total. The van der Waals surface area contributed by atoms with Gasteiger partial charge in [-0.25, -0.2) is 4.79 Å². The van der Waals surface area contributed by atoms with Gasteiger partial charge in [0.15, 0.2) is 0 Å². The minimum absolute atomic E-state index is 0.0508. The molecule has 1 atom stereocenters. The number of rotatable bonds is 7. The Balaban J connectivity index is 1.42. The number of nitrogens with zero attached hydrogens (tertiary/aromatic N) is 2. The van der Waals surface area contributed by atoms with Crippen molar-refractivity contribution >= 4 is 11.7 Å². The third kappa shape index (κ3) is 5.11. The lowest BCUT2D eigenvalue weighted by Crippen LogP contribution is -2.38. The lowest BCUT2D eigenvalue weighted by molar-refractivity contribution is 0.238. The minimum atomic E-state index is -0.0508. The van der Waals surface area contributed by atoms with E-state index in [2.05, 4.69) is 51.6 Å². The second-order valence-corrected chi connectivity index (χ2v) is 7.34. The highest BCUT2D eigenvalue weighted by atomic mass is 16.2. The molecule has 0 radical (unpaired) electrons. The number of hydrogen-bond donors (Lipinski definition) is 2. The van der Waals surface area contributed by atoms with Crippen LogP contribution in [0.3, 0.4) is 0 Å². The SMILES string of the molecule is CCCN1CC[C@H](CNC(=O)NCc2ccccc2N2CCCC2)C1. The monoisotopic (exact) mass is 344 g/mol. The first kappa shape index (κ1) is 18.1. The van der Waals surface area contributed by atoms with E-state index in [0.717, 1.165) is 26.2 Å². The Morgan fingerprint density at radius 3 is 2.76 bits per heavy atom. The number of likely N-dealkylation sites (tertiary alicyclic amines) is 1. The maximum Gasteiger partial charge on any atom is 0.315 e. The van der Waals surface area contributed by atoms with E-state index in [9.17, 15) is 4.79 Å². The van der Waals surface area contributed by atoms with Crippen LogP contribution in [-0.4, -0.2) is 50.2 Å². The molecule has 2 N–H and O–H groups in total. The van der Waals surface area contributed by atoms with Crippen molar-refractivity contribution in [3.05, 3.63) is 29.8 Å².